The molecule has 0 aliphatic carbocycles. The highest BCUT2D eigenvalue weighted by Gasteiger charge is 2.19. The Morgan fingerprint density at radius 2 is 1.71 bits per heavy atom. The van der Waals surface area contributed by atoms with Crippen molar-refractivity contribution in [2.45, 2.75) is 105 Å². The summed E-state index contributed by atoms with van der Waals surface area (Å²) in [7, 11) is 1.53. The van der Waals surface area contributed by atoms with Gasteiger partial charge < -0.3 is 24.4 Å². The van der Waals surface area contributed by atoms with Crippen LogP contribution in [0.15, 0.2) is 29.8 Å². The summed E-state index contributed by atoms with van der Waals surface area (Å²) in [4.78, 5) is 0. The summed E-state index contributed by atoms with van der Waals surface area (Å²) in [6, 6.07) is 5.24. The molecule has 0 aromatic heterocycles. The number of ether oxygens (including phenoxy) is 3. The fourth-order valence-electron chi connectivity index (χ4n) is 4.15. The summed E-state index contributed by atoms with van der Waals surface area (Å²) in [6.07, 6.45) is 10.5. The molecule has 0 amide bonds. The first-order valence-corrected chi connectivity index (χ1v) is 13.4. The van der Waals surface area contributed by atoms with Gasteiger partial charge in [0.05, 0.1) is 25.4 Å². The molecule has 0 aliphatic heterocycles. The van der Waals surface area contributed by atoms with Gasteiger partial charge in [0.2, 0.25) is 0 Å². The molecule has 1 aromatic rings. The molecule has 0 spiro atoms. The Bertz CT molecular complexity index is 723. The molecule has 1 rings (SSSR count). The molecule has 2 N–H and O–H groups in total. The minimum atomic E-state index is -0.256. The van der Waals surface area contributed by atoms with Gasteiger partial charge in [0.25, 0.3) is 0 Å². The fraction of sp³-hybridized carbons (Fsp3) is 0.733. The molecule has 0 heterocycles. The standard InChI is InChI=1S/C30H52O5/c1-23(2)10-8-11-24(3)16-19-35-30(5,6)17-9-12-25(4)15-18-34-27(22-31)20-26-13-14-28(32)29(21-26)33-7/h10,13-14,21,24-25,27,31-32H,8-9,11-12,15-20,22H2,1-7H3. The molecule has 3 unspecified atom stereocenters. The van der Waals surface area contributed by atoms with Gasteiger partial charge in [-0.05, 0) is 89.3 Å². The minimum Gasteiger partial charge on any atom is -0.504 e. The zero-order chi connectivity index (χ0) is 26.3. The van der Waals surface area contributed by atoms with Crippen molar-refractivity contribution in [1.82, 2.24) is 0 Å². The van der Waals surface area contributed by atoms with Crippen molar-refractivity contribution >= 4 is 0 Å². The summed E-state index contributed by atoms with van der Waals surface area (Å²) in [5.41, 5.74) is 2.29. The number of aliphatic hydroxyl groups is 1. The van der Waals surface area contributed by atoms with Crippen molar-refractivity contribution in [2.75, 3.05) is 26.9 Å². The second-order valence-electron chi connectivity index (χ2n) is 11.0. The van der Waals surface area contributed by atoms with E-state index in [1.807, 2.05) is 6.07 Å². The number of phenols is 1. The third-order valence-electron chi connectivity index (χ3n) is 6.67. The van der Waals surface area contributed by atoms with E-state index in [-0.39, 0.29) is 24.1 Å². The molecule has 0 fully saturated rings. The fourth-order valence-corrected chi connectivity index (χ4v) is 4.15. The molecular formula is C30H52O5. The number of phenolic OH excluding ortho intramolecular Hbond substituents is 1. The molecule has 0 aliphatic rings. The molecule has 202 valence electrons. The predicted octanol–water partition coefficient (Wildman–Crippen LogP) is 7.09. The summed E-state index contributed by atoms with van der Waals surface area (Å²) in [5.74, 6) is 1.81. The number of rotatable bonds is 19. The Balaban J connectivity index is 2.23. The second-order valence-corrected chi connectivity index (χ2v) is 11.0. The first-order chi connectivity index (χ1) is 16.6. The average Bonchev–Trinajstić information content (AvgIpc) is 2.79. The van der Waals surface area contributed by atoms with Crippen molar-refractivity contribution in [3.05, 3.63) is 35.4 Å². The number of aromatic hydroxyl groups is 1. The maximum Gasteiger partial charge on any atom is 0.160 e. The van der Waals surface area contributed by atoms with Crippen LogP contribution in [0.5, 0.6) is 11.5 Å². The molecule has 35 heavy (non-hydrogen) atoms. The first kappa shape index (κ1) is 31.5. The van der Waals surface area contributed by atoms with Gasteiger partial charge in [-0.2, -0.15) is 0 Å². The largest absolute Gasteiger partial charge is 0.504 e. The van der Waals surface area contributed by atoms with E-state index < -0.39 is 0 Å². The Hall–Kier alpha value is -1.56. The molecule has 1 aromatic carbocycles. The number of hydrogen-bond acceptors (Lipinski definition) is 5. The highest BCUT2D eigenvalue weighted by atomic mass is 16.5. The number of allylic oxidation sites excluding steroid dienone is 2. The third kappa shape index (κ3) is 14.6. The molecule has 3 atom stereocenters. The van der Waals surface area contributed by atoms with Crippen LogP contribution in [0.4, 0.5) is 0 Å². The van der Waals surface area contributed by atoms with E-state index in [1.165, 1.54) is 25.5 Å². The van der Waals surface area contributed by atoms with Gasteiger partial charge in [0.1, 0.15) is 0 Å². The lowest BCUT2D eigenvalue weighted by molar-refractivity contribution is -0.0309. The highest BCUT2D eigenvalue weighted by molar-refractivity contribution is 5.41. The van der Waals surface area contributed by atoms with Gasteiger partial charge >= 0.3 is 0 Å². The third-order valence-corrected chi connectivity index (χ3v) is 6.67. The van der Waals surface area contributed by atoms with Gasteiger partial charge in [0.15, 0.2) is 11.5 Å². The van der Waals surface area contributed by atoms with Crippen molar-refractivity contribution in [2.24, 2.45) is 11.8 Å². The maximum absolute atomic E-state index is 9.74. The first-order valence-electron chi connectivity index (χ1n) is 13.4. The molecule has 5 heteroatoms. The number of methoxy groups -OCH3 is 1. The SMILES string of the molecule is COc1cc(CC(CO)OCCC(C)CCCC(C)(C)OCCC(C)CCC=C(C)C)ccc1O. The van der Waals surface area contributed by atoms with Crippen LogP contribution in [0.25, 0.3) is 0 Å². The van der Waals surface area contributed by atoms with E-state index in [9.17, 15) is 10.2 Å². The lowest BCUT2D eigenvalue weighted by atomic mass is 9.95. The Morgan fingerprint density at radius 3 is 2.37 bits per heavy atom. The van der Waals surface area contributed by atoms with Crippen LogP contribution in [0, 0.1) is 11.8 Å². The van der Waals surface area contributed by atoms with Crippen LogP contribution in [0.3, 0.4) is 0 Å². The van der Waals surface area contributed by atoms with Gasteiger partial charge in [0, 0.05) is 19.6 Å². The minimum absolute atomic E-state index is 0.0311. The quantitative estimate of drug-likeness (QED) is 0.202. The van der Waals surface area contributed by atoms with E-state index in [1.54, 1.807) is 12.1 Å². The van der Waals surface area contributed by atoms with Crippen LogP contribution >= 0.6 is 0 Å². The van der Waals surface area contributed by atoms with E-state index in [2.05, 4.69) is 47.6 Å². The van der Waals surface area contributed by atoms with Gasteiger partial charge in [-0.25, -0.2) is 0 Å². The summed E-state index contributed by atoms with van der Waals surface area (Å²) >= 11 is 0. The molecule has 0 saturated heterocycles. The Labute approximate surface area is 214 Å². The Morgan fingerprint density at radius 1 is 1.03 bits per heavy atom. The zero-order valence-electron chi connectivity index (χ0n) is 23.4. The van der Waals surface area contributed by atoms with E-state index in [0.717, 1.165) is 44.3 Å². The molecular weight excluding hydrogens is 440 g/mol. The summed E-state index contributed by atoms with van der Waals surface area (Å²) < 4.78 is 17.3. The van der Waals surface area contributed by atoms with Crippen molar-refractivity contribution < 1.29 is 24.4 Å². The van der Waals surface area contributed by atoms with Crippen LogP contribution in [-0.4, -0.2) is 48.8 Å². The number of aliphatic hydroxyl groups excluding tert-OH is 1. The van der Waals surface area contributed by atoms with E-state index in [0.29, 0.717) is 30.6 Å². The van der Waals surface area contributed by atoms with Crippen LogP contribution in [0.2, 0.25) is 0 Å². The average molecular weight is 493 g/mol. The topological polar surface area (TPSA) is 68.2 Å². The van der Waals surface area contributed by atoms with Gasteiger partial charge in [-0.3, -0.25) is 0 Å². The monoisotopic (exact) mass is 492 g/mol. The lowest BCUT2D eigenvalue weighted by Gasteiger charge is -2.27. The van der Waals surface area contributed by atoms with Crippen molar-refractivity contribution in [1.29, 1.82) is 0 Å². The van der Waals surface area contributed by atoms with Gasteiger partial charge in [-0.1, -0.05) is 44.4 Å². The predicted molar refractivity (Wildman–Crippen MR) is 145 cm³/mol. The molecule has 5 nitrogen and oxygen atoms in total. The highest BCUT2D eigenvalue weighted by Crippen LogP contribution is 2.27. The van der Waals surface area contributed by atoms with Crippen LogP contribution in [0.1, 0.15) is 92.1 Å². The summed E-state index contributed by atoms with van der Waals surface area (Å²) in [5, 5.41) is 19.5. The van der Waals surface area contributed by atoms with Crippen LogP contribution in [-0.2, 0) is 15.9 Å². The normalized spacial score (nSPS) is 14.4. The smallest absolute Gasteiger partial charge is 0.160 e. The lowest BCUT2D eigenvalue weighted by Crippen LogP contribution is -2.25. The number of hydrogen-bond donors (Lipinski definition) is 2. The molecule has 0 bridgehead atoms. The maximum atomic E-state index is 9.74. The zero-order valence-corrected chi connectivity index (χ0v) is 23.4. The van der Waals surface area contributed by atoms with Crippen molar-refractivity contribution in [3.8, 4) is 11.5 Å². The van der Waals surface area contributed by atoms with Gasteiger partial charge in [-0.15, -0.1) is 0 Å². The van der Waals surface area contributed by atoms with Crippen LogP contribution < -0.4 is 4.74 Å². The van der Waals surface area contributed by atoms with Crippen molar-refractivity contribution in [3.63, 3.8) is 0 Å². The Kier molecular flexibility index (Phi) is 15.3. The second kappa shape index (κ2) is 17.0. The van der Waals surface area contributed by atoms with E-state index in [4.69, 9.17) is 14.2 Å². The molecule has 0 radical (unpaired) electrons. The van der Waals surface area contributed by atoms with E-state index >= 15 is 0 Å². The molecule has 0 saturated carbocycles. The number of benzene rings is 1. The summed E-state index contributed by atoms with van der Waals surface area (Å²) in [6.45, 7) is 14.8.